The molecular weight excluding hydrogens is 369 g/mol. The Bertz CT molecular complexity index is 822. The van der Waals surface area contributed by atoms with E-state index in [1.165, 1.54) is 12.1 Å². The van der Waals surface area contributed by atoms with Crippen LogP contribution in [0.25, 0.3) is 0 Å². The number of halogens is 2. The first-order valence-electron chi connectivity index (χ1n) is 8.91. The number of para-hydroxylation sites is 1. The minimum Gasteiger partial charge on any atom is -0.331 e. The van der Waals surface area contributed by atoms with Crippen molar-refractivity contribution < 1.29 is 18.9 Å². The Kier molecular flexibility index (Phi) is 6.42. The summed E-state index contributed by atoms with van der Waals surface area (Å²) < 4.78 is 13.2. The standard InChI is InChI=1S/C20H21ClFN3O2/c21-17-6-1-2-7-18(17)23-19(26)14-24-8-10-25(11-9-24)20(27)13-15-4-3-5-16(22)12-15/h1-7,12H,8-11,13-14H2,(H,23,26)/p+1. The van der Waals surface area contributed by atoms with Crippen LogP contribution in [0.15, 0.2) is 48.5 Å². The molecule has 1 aliphatic heterocycles. The number of piperazine rings is 1. The monoisotopic (exact) mass is 390 g/mol. The number of carbonyl (C=O) groups is 2. The fraction of sp³-hybridized carbons (Fsp3) is 0.300. The maximum Gasteiger partial charge on any atom is 0.279 e. The highest BCUT2D eigenvalue weighted by Gasteiger charge is 2.25. The van der Waals surface area contributed by atoms with Gasteiger partial charge in [0, 0.05) is 0 Å². The summed E-state index contributed by atoms with van der Waals surface area (Å²) in [5, 5.41) is 3.33. The molecule has 27 heavy (non-hydrogen) atoms. The van der Waals surface area contributed by atoms with Gasteiger partial charge < -0.3 is 15.1 Å². The fourth-order valence-electron chi connectivity index (χ4n) is 3.17. The predicted octanol–water partition coefficient (Wildman–Crippen LogP) is 1.39. The van der Waals surface area contributed by atoms with Crippen molar-refractivity contribution in [2.24, 2.45) is 0 Å². The molecule has 0 radical (unpaired) electrons. The highest BCUT2D eigenvalue weighted by Crippen LogP contribution is 2.19. The van der Waals surface area contributed by atoms with Crippen LogP contribution in [0.5, 0.6) is 0 Å². The summed E-state index contributed by atoms with van der Waals surface area (Å²) in [7, 11) is 0. The molecule has 5 nitrogen and oxygen atoms in total. The van der Waals surface area contributed by atoms with Crippen molar-refractivity contribution in [2.45, 2.75) is 6.42 Å². The Morgan fingerprint density at radius 2 is 1.85 bits per heavy atom. The van der Waals surface area contributed by atoms with E-state index < -0.39 is 0 Å². The van der Waals surface area contributed by atoms with E-state index in [4.69, 9.17) is 11.6 Å². The fourth-order valence-corrected chi connectivity index (χ4v) is 3.35. The summed E-state index contributed by atoms with van der Waals surface area (Å²) in [5.41, 5.74) is 1.28. The predicted molar refractivity (Wildman–Crippen MR) is 102 cm³/mol. The second-order valence-corrected chi connectivity index (χ2v) is 7.05. The van der Waals surface area contributed by atoms with Crippen LogP contribution >= 0.6 is 11.6 Å². The lowest BCUT2D eigenvalue weighted by Crippen LogP contribution is -3.15. The van der Waals surface area contributed by atoms with E-state index in [-0.39, 0.29) is 24.1 Å². The Balaban J connectivity index is 1.45. The average molecular weight is 391 g/mol. The van der Waals surface area contributed by atoms with Crippen LogP contribution < -0.4 is 10.2 Å². The number of anilines is 1. The summed E-state index contributed by atoms with van der Waals surface area (Å²) in [6, 6.07) is 13.2. The first-order chi connectivity index (χ1) is 13.0. The highest BCUT2D eigenvalue weighted by molar-refractivity contribution is 6.33. The van der Waals surface area contributed by atoms with Gasteiger partial charge in [0.05, 0.1) is 43.3 Å². The molecule has 1 aliphatic rings. The summed E-state index contributed by atoms with van der Waals surface area (Å²) >= 11 is 6.05. The zero-order valence-electron chi connectivity index (χ0n) is 14.9. The van der Waals surface area contributed by atoms with Gasteiger partial charge >= 0.3 is 0 Å². The van der Waals surface area contributed by atoms with Gasteiger partial charge in [-0.15, -0.1) is 0 Å². The van der Waals surface area contributed by atoms with Crippen molar-refractivity contribution in [1.29, 1.82) is 0 Å². The van der Waals surface area contributed by atoms with Crippen LogP contribution in [0.2, 0.25) is 5.02 Å². The second-order valence-electron chi connectivity index (χ2n) is 6.64. The minimum atomic E-state index is -0.334. The number of quaternary nitrogens is 1. The molecular formula is C20H22ClFN3O2+. The Hall–Kier alpha value is -2.44. The summed E-state index contributed by atoms with van der Waals surface area (Å²) in [6.07, 6.45) is 0.195. The number of benzene rings is 2. The SMILES string of the molecule is O=C(C[NH+]1CCN(C(=O)Cc2cccc(F)c2)CC1)Nc1ccccc1Cl. The lowest BCUT2D eigenvalue weighted by molar-refractivity contribution is -0.895. The average Bonchev–Trinajstić information content (AvgIpc) is 2.64. The third kappa shape index (κ3) is 5.52. The molecule has 0 saturated carbocycles. The Morgan fingerprint density at radius 1 is 1.11 bits per heavy atom. The molecule has 2 aromatic rings. The number of amides is 2. The van der Waals surface area contributed by atoms with Crippen LogP contribution in [0.4, 0.5) is 10.1 Å². The van der Waals surface area contributed by atoms with E-state index in [0.29, 0.717) is 49.0 Å². The maximum absolute atomic E-state index is 13.2. The van der Waals surface area contributed by atoms with Gasteiger partial charge in [0.15, 0.2) is 6.54 Å². The van der Waals surface area contributed by atoms with Crippen LogP contribution in [-0.4, -0.2) is 49.4 Å². The van der Waals surface area contributed by atoms with E-state index in [1.54, 1.807) is 29.2 Å². The van der Waals surface area contributed by atoms with Gasteiger partial charge in [0.25, 0.3) is 5.91 Å². The largest absolute Gasteiger partial charge is 0.331 e. The van der Waals surface area contributed by atoms with Gasteiger partial charge in [0.1, 0.15) is 5.82 Å². The Labute approximate surface area is 162 Å². The van der Waals surface area contributed by atoms with E-state index in [1.807, 2.05) is 12.1 Å². The number of carbonyl (C=O) groups excluding carboxylic acids is 2. The van der Waals surface area contributed by atoms with Gasteiger partial charge in [-0.05, 0) is 29.8 Å². The van der Waals surface area contributed by atoms with E-state index in [9.17, 15) is 14.0 Å². The molecule has 0 aliphatic carbocycles. The second kappa shape index (κ2) is 8.97. The minimum absolute atomic E-state index is 0.0137. The molecule has 2 amide bonds. The molecule has 1 fully saturated rings. The maximum atomic E-state index is 13.2. The lowest BCUT2D eigenvalue weighted by atomic mass is 10.1. The molecule has 0 aromatic heterocycles. The summed E-state index contributed by atoms with van der Waals surface area (Å²) in [4.78, 5) is 27.5. The Morgan fingerprint density at radius 3 is 2.56 bits per heavy atom. The van der Waals surface area contributed by atoms with E-state index in [2.05, 4.69) is 5.32 Å². The number of hydrogen-bond acceptors (Lipinski definition) is 2. The van der Waals surface area contributed by atoms with Crippen LogP contribution in [-0.2, 0) is 16.0 Å². The van der Waals surface area contributed by atoms with Crippen molar-refractivity contribution in [3.8, 4) is 0 Å². The number of nitrogens with one attached hydrogen (secondary N) is 2. The molecule has 142 valence electrons. The zero-order chi connectivity index (χ0) is 19.2. The molecule has 0 atom stereocenters. The molecule has 2 aromatic carbocycles. The van der Waals surface area contributed by atoms with Crippen molar-refractivity contribution in [2.75, 3.05) is 38.0 Å². The highest BCUT2D eigenvalue weighted by atomic mass is 35.5. The molecule has 0 bridgehead atoms. The quantitative estimate of drug-likeness (QED) is 0.810. The first-order valence-corrected chi connectivity index (χ1v) is 9.29. The number of nitrogens with zero attached hydrogens (tertiary/aromatic N) is 1. The van der Waals surface area contributed by atoms with Crippen molar-refractivity contribution in [1.82, 2.24) is 4.90 Å². The molecule has 0 spiro atoms. The number of rotatable bonds is 5. The molecule has 7 heteroatoms. The van der Waals surface area contributed by atoms with Gasteiger partial charge in [-0.25, -0.2) is 4.39 Å². The van der Waals surface area contributed by atoms with Crippen LogP contribution in [0.3, 0.4) is 0 Å². The molecule has 1 heterocycles. The third-order valence-electron chi connectivity index (χ3n) is 4.63. The summed E-state index contributed by atoms with van der Waals surface area (Å²) in [5.74, 6) is -0.447. The lowest BCUT2D eigenvalue weighted by Gasteiger charge is -2.32. The molecule has 1 saturated heterocycles. The number of hydrogen-bond donors (Lipinski definition) is 2. The molecule has 0 unspecified atom stereocenters. The smallest absolute Gasteiger partial charge is 0.279 e. The van der Waals surface area contributed by atoms with Gasteiger partial charge in [-0.1, -0.05) is 35.9 Å². The molecule has 2 N–H and O–H groups in total. The molecule has 3 rings (SSSR count). The van der Waals surface area contributed by atoms with Crippen LogP contribution in [0, 0.1) is 5.82 Å². The normalized spacial score (nSPS) is 14.8. The summed E-state index contributed by atoms with van der Waals surface area (Å²) in [6.45, 7) is 2.90. The zero-order valence-corrected chi connectivity index (χ0v) is 15.6. The van der Waals surface area contributed by atoms with E-state index >= 15 is 0 Å². The van der Waals surface area contributed by atoms with Crippen LogP contribution in [0.1, 0.15) is 5.56 Å². The first kappa shape index (κ1) is 19.3. The van der Waals surface area contributed by atoms with Gasteiger partial charge in [0.2, 0.25) is 5.91 Å². The van der Waals surface area contributed by atoms with E-state index in [0.717, 1.165) is 4.90 Å². The van der Waals surface area contributed by atoms with Gasteiger partial charge in [-0.3, -0.25) is 9.59 Å². The van der Waals surface area contributed by atoms with Gasteiger partial charge in [-0.2, -0.15) is 0 Å². The third-order valence-corrected chi connectivity index (χ3v) is 4.96. The van der Waals surface area contributed by atoms with Crippen molar-refractivity contribution in [3.63, 3.8) is 0 Å². The van der Waals surface area contributed by atoms with Crippen molar-refractivity contribution >= 4 is 29.1 Å². The topological polar surface area (TPSA) is 53.9 Å². The van der Waals surface area contributed by atoms with Crippen molar-refractivity contribution in [3.05, 3.63) is 64.9 Å².